The van der Waals surface area contributed by atoms with Crippen LogP contribution in [-0.4, -0.2) is 17.6 Å². The molecule has 21 heavy (non-hydrogen) atoms. The summed E-state index contributed by atoms with van der Waals surface area (Å²) in [5.74, 6) is 5.24. The lowest BCUT2D eigenvalue weighted by Gasteiger charge is -2.04. The van der Waals surface area contributed by atoms with Crippen LogP contribution in [0.2, 0.25) is 0 Å². The predicted molar refractivity (Wildman–Crippen MR) is 80.6 cm³/mol. The van der Waals surface area contributed by atoms with Crippen molar-refractivity contribution in [1.82, 2.24) is 5.32 Å². The molecule has 0 saturated heterocycles. The summed E-state index contributed by atoms with van der Waals surface area (Å²) >= 11 is 1.50. The highest BCUT2D eigenvalue weighted by atomic mass is 32.1. The fourth-order valence-corrected chi connectivity index (χ4v) is 2.45. The number of nitrogens with one attached hydrogen (secondary N) is 1. The molecule has 1 amide bonds. The van der Waals surface area contributed by atoms with Gasteiger partial charge in [0.2, 0.25) is 0 Å². The zero-order chi connectivity index (χ0) is 15.1. The van der Waals surface area contributed by atoms with E-state index < -0.39 is 0 Å². The van der Waals surface area contributed by atoms with E-state index >= 15 is 0 Å². The summed E-state index contributed by atoms with van der Waals surface area (Å²) in [6.07, 6.45) is 0. The monoisotopic (exact) mass is 296 g/mol. The van der Waals surface area contributed by atoms with Gasteiger partial charge < -0.3 is 10.4 Å². The molecular formula is C16H12N2O2S. The first-order valence-corrected chi connectivity index (χ1v) is 7.07. The standard InChI is InChI=1S/C16H12N2O2S/c17-10-12-3-5-14(6-4-12)16(20)18-11-15-13(2-1-8-19)7-9-21-15/h3-7,9,19H,8,11H2,(H,18,20). The summed E-state index contributed by atoms with van der Waals surface area (Å²) in [6.45, 7) is 0.193. The maximum Gasteiger partial charge on any atom is 0.251 e. The number of carbonyl (C=O) groups excluding carboxylic acids is 1. The van der Waals surface area contributed by atoms with Gasteiger partial charge in [0, 0.05) is 16.0 Å². The van der Waals surface area contributed by atoms with Crippen LogP contribution in [-0.2, 0) is 6.54 Å². The number of thiophene rings is 1. The number of rotatable bonds is 3. The largest absolute Gasteiger partial charge is 0.384 e. The average Bonchev–Trinajstić information content (AvgIpc) is 2.98. The molecule has 0 aliphatic carbocycles. The van der Waals surface area contributed by atoms with Crippen molar-refractivity contribution in [2.75, 3.05) is 6.61 Å². The number of hydrogen-bond donors (Lipinski definition) is 2. The minimum atomic E-state index is -0.200. The molecule has 0 aliphatic rings. The highest BCUT2D eigenvalue weighted by Gasteiger charge is 2.07. The van der Waals surface area contributed by atoms with Crippen molar-refractivity contribution in [2.45, 2.75) is 6.54 Å². The van der Waals surface area contributed by atoms with Crippen LogP contribution in [0.3, 0.4) is 0 Å². The van der Waals surface area contributed by atoms with Gasteiger partial charge in [-0.3, -0.25) is 4.79 Å². The molecule has 5 heteroatoms. The van der Waals surface area contributed by atoms with Crippen LogP contribution in [0.5, 0.6) is 0 Å². The summed E-state index contributed by atoms with van der Waals surface area (Å²) < 4.78 is 0. The van der Waals surface area contributed by atoms with Crippen LogP contribution in [0.1, 0.15) is 26.4 Å². The summed E-state index contributed by atoms with van der Waals surface area (Å²) in [7, 11) is 0. The average molecular weight is 296 g/mol. The molecule has 0 spiro atoms. The molecule has 2 N–H and O–H groups in total. The van der Waals surface area contributed by atoms with Crippen molar-refractivity contribution in [3.63, 3.8) is 0 Å². The Bertz CT molecular complexity index is 730. The van der Waals surface area contributed by atoms with Crippen molar-refractivity contribution in [3.05, 3.63) is 57.3 Å². The minimum absolute atomic E-state index is 0.188. The van der Waals surface area contributed by atoms with E-state index in [9.17, 15) is 4.79 Å². The molecule has 0 saturated carbocycles. The number of amides is 1. The molecular weight excluding hydrogens is 284 g/mol. The number of hydrogen-bond acceptors (Lipinski definition) is 4. The van der Waals surface area contributed by atoms with Gasteiger partial charge in [-0.1, -0.05) is 11.8 Å². The van der Waals surface area contributed by atoms with Gasteiger partial charge in [0.05, 0.1) is 18.2 Å². The molecule has 1 aromatic carbocycles. The molecule has 104 valence electrons. The van der Waals surface area contributed by atoms with E-state index in [-0.39, 0.29) is 12.5 Å². The van der Waals surface area contributed by atoms with Gasteiger partial charge in [-0.05, 0) is 35.7 Å². The molecule has 1 heterocycles. The quantitative estimate of drug-likeness (QED) is 0.850. The zero-order valence-electron chi connectivity index (χ0n) is 11.1. The smallest absolute Gasteiger partial charge is 0.251 e. The van der Waals surface area contributed by atoms with Crippen molar-refractivity contribution in [3.8, 4) is 17.9 Å². The predicted octanol–water partition coefficient (Wildman–Crippen LogP) is 1.89. The van der Waals surface area contributed by atoms with E-state index in [4.69, 9.17) is 10.4 Å². The first kappa shape index (κ1) is 14.8. The molecule has 0 atom stereocenters. The third-order valence-electron chi connectivity index (χ3n) is 2.73. The first-order chi connectivity index (χ1) is 10.2. The highest BCUT2D eigenvalue weighted by molar-refractivity contribution is 7.10. The number of aliphatic hydroxyl groups is 1. The Morgan fingerprint density at radius 3 is 2.71 bits per heavy atom. The lowest BCUT2D eigenvalue weighted by molar-refractivity contribution is 0.0951. The van der Waals surface area contributed by atoms with Crippen molar-refractivity contribution in [2.24, 2.45) is 0 Å². The van der Waals surface area contributed by atoms with Crippen molar-refractivity contribution in [1.29, 1.82) is 5.26 Å². The Balaban J connectivity index is 2.01. The number of benzene rings is 1. The zero-order valence-corrected chi connectivity index (χ0v) is 11.9. The second-order valence-electron chi connectivity index (χ2n) is 4.09. The SMILES string of the molecule is N#Cc1ccc(C(=O)NCc2sccc2C#CCO)cc1. The normalized spacial score (nSPS) is 9.33. The molecule has 1 aromatic heterocycles. The van der Waals surface area contributed by atoms with Crippen LogP contribution in [0.25, 0.3) is 0 Å². The number of carbonyl (C=O) groups is 1. The van der Waals surface area contributed by atoms with Crippen LogP contribution in [0.15, 0.2) is 35.7 Å². The second kappa shape index (κ2) is 7.25. The van der Waals surface area contributed by atoms with Crippen LogP contribution < -0.4 is 5.32 Å². The van der Waals surface area contributed by atoms with Crippen LogP contribution >= 0.6 is 11.3 Å². The molecule has 0 bridgehead atoms. The minimum Gasteiger partial charge on any atom is -0.384 e. The third-order valence-corrected chi connectivity index (χ3v) is 3.65. The molecule has 0 unspecified atom stereocenters. The summed E-state index contributed by atoms with van der Waals surface area (Å²) in [5, 5.41) is 22.1. The molecule has 0 fully saturated rings. The summed E-state index contributed by atoms with van der Waals surface area (Å²) in [4.78, 5) is 12.9. The van der Waals surface area contributed by atoms with E-state index in [0.29, 0.717) is 17.7 Å². The van der Waals surface area contributed by atoms with Crippen molar-refractivity contribution >= 4 is 17.2 Å². The molecule has 2 aromatic rings. The van der Waals surface area contributed by atoms with Crippen molar-refractivity contribution < 1.29 is 9.90 Å². The Morgan fingerprint density at radius 2 is 2.05 bits per heavy atom. The van der Waals surface area contributed by atoms with E-state index in [0.717, 1.165) is 10.4 Å². The Kier molecular flexibility index (Phi) is 5.11. The second-order valence-corrected chi connectivity index (χ2v) is 5.09. The van der Waals surface area contributed by atoms with Gasteiger partial charge in [-0.2, -0.15) is 5.26 Å². The molecule has 2 rings (SSSR count). The van der Waals surface area contributed by atoms with Gasteiger partial charge in [0.1, 0.15) is 6.61 Å². The summed E-state index contributed by atoms with van der Waals surface area (Å²) in [5.41, 5.74) is 1.84. The fraction of sp³-hybridized carbons (Fsp3) is 0.125. The lowest BCUT2D eigenvalue weighted by atomic mass is 10.1. The highest BCUT2D eigenvalue weighted by Crippen LogP contribution is 2.15. The maximum absolute atomic E-state index is 12.0. The van der Waals surface area contributed by atoms with Gasteiger partial charge in [-0.15, -0.1) is 11.3 Å². The van der Waals surface area contributed by atoms with E-state index in [1.165, 1.54) is 11.3 Å². The summed E-state index contributed by atoms with van der Waals surface area (Å²) in [6, 6.07) is 10.3. The first-order valence-electron chi connectivity index (χ1n) is 6.19. The maximum atomic E-state index is 12.0. The van der Waals surface area contributed by atoms with Gasteiger partial charge in [0.15, 0.2) is 0 Å². The fourth-order valence-electron chi connectivity index (χ4n) is 1.68. The Morgan fingerprint density at radius 1 is 1.29 bits per heavy atom. The third kappa shape index (κ3) is 3.93. The van der Waals surface area contributed by atoms with Crippen LogP contribution in [0, 0.1) is 23.2 Å². The molecule has 0 radical (unpaired) electrons. The number of aliphatic hydroxyl groups excluding tert-OH is 1. The number of nitriles is 1. The molecule has 4 nitrogen and oxygen atoms in total. The lowest BCUT2D eigenvalue weighted by Crippen LogP contribution is -2.22. The Labute approximate surface area is 126 Å². The van der Waals surface area contributed by atoms with E-state index in [1.54, 1.807) is 24.3 Å². The van der Waals surface area contributed by atoms with Gasteiger partial charge in [0.25, 0.3) is 5.91 Å². The molecule has 0 aliphatic heterocycles. The number of nitrogens with zero attached hydrogens (tertiary/aromatic N) is 1. The van der Waals surface area contributed by atoms with Gasteiger partial charge in [-0.25, -0.2) is 0 Å². The van der Waals surface area contributed by atoms with E-state index in [2.05, 4.69) is 17.2 Å². The topological polar surface area (TPSA) is 73.1 Å². The van der Waals surface area contributed by atoms with Crippen LogP contribution in [0.4, 0.5) is 0 Å². The Hall–Kier alpha value is -2.60. The van der Waals surface area contributed by atoms with E-state index in [1.807, 2.05) is 17.5 Å². The van der Waals surface area contributed by atoms with Gasteiger partial charge >= 0.3 is 0 Å².